The average Bonchev–Trinajstić information content (AvgIpc) is 2.62. The molecule has 0 spiro atoms. The number of methoxy groups -OCH3 is 1. The molecule has 22 heavy (non-hydrogen) atoms. The van der Waals surface area contributed by atoms with Gasteiger partial charge >= 0.3 is 0 Å². The lowest BCUT2D eigenvalue weighted by Crippen LogP contribution is -2.56. The van der Waals surface area contributed by atoms with Gasteiger partial charge < -0.3 is 4.74 Å². The normalized spacial score (nSPS) is 22.6. The standard InChI is InChI=1S/C19H24N2O/c1-22-19(18-12-6-3-7-13-18)14-8-9-15-21(19)20-16-17-10-4-2-5-11-17/h2-7,10-13,20H,8-9,14-16H2,1H3. The number of benzene rings is 2. The number of hydrazine groups is 1. The van der Waals surface area contributed by atoms with Crippen LogP contribution in [-0.4, -0.2) is 18.7 Å². The Balaban J connectivity index is 1.80. The largest absolute Gasteiger partial charge is 0.358 e. The molecular formula is C19H24N2O. The first-order valence-corrected chi connectivity index (χ1v) is 8.01. The summed E-state index contributed by atoms with van der Waals surface area (Å²) in [6.07, 6.45) is 3.39. The van der Waals surface area contributed by atoms with Crippen LogP contribution in [-0.2, 0) is 17.0 Å². The number of piperidine rings is 1. The predicted molar refractivity (Wildman–Crippen MR) is 89.0 cm³/mol. The van der Waals surface area contributed by atoms with Crippen LogP contribution in [0.2, 0.25) is 0 Å². The molecule has 2 aromatic rings. The van der Waals surface area contributed by atoms with E-state index < -0.39 is 0 Å². The molecule has 3 nitrogen and oxygen atoms in total. The molecule has 2 aromatic carbocycles. The van der Waals surface area contributed by atoms with Gasteiger partial charge in [-0.15, -0.1) is 0 Å². The van der Waals surface area contributed by atoms with Crippen molar-refractivity contribution in [1.29, 1.82) is 0 Å². The van der Waals surface area contributed by atoms with Crippen LogP contribution in [0.4, 0.5) is 0 Å². The van der Waals surface area contributed by atoms with Gasteiger partial charge in [-0.05, 0) is 30.4 Å². The van der Waals surface area contributed by atoms with E-state index in [1.165, 1.54) is 24.0 Å². The van der Waals surface area contributed by atoms with Gasteiger partial charge in [0.1, 0.15) is 0 Å². The first-order chi connectivity index (χ1) is 10.8. The van der Waals surface area contributed by atoms with Crippen LogP contribution in [0.3, 0.4) is 0 Å². The fraction of sp³-hybridized carbons (Fsp3) is 0.368. The number of nitrogens with one attached hydrogen (secondary N) is 1. The van der Waals surface area contributed by atoms with Crippen LogP contribution in [0.5, 0.6) is 0 Å². The summed E-state index contributed by atoms with van der Waals surface area (Å²) in [5, 5.41) is 2.28. The van der Waals surface area contributed by atoms with Crippen LogP contribution in [0.25, 0.3) is 0 Å². The molecule has 3 heteroatoms. The second-order valence-corrected chi connectivity index (χ2v) is 5.78. The molecule has 1 saturated heterocycles. The molecule has 0 radical (unpaired) electrons. The highest BCUT2D eigenvalue weighted by molar-refractivity contribution is 5.23. The lowest BCUT2D eigenvalue weighted by Gasteiger charge is -2.46. The van der Waals surface area contributed by atoms with Crippen molar-refractivity contribution in [3.8, 4) is 0 Å². The molecule has 1 atom stereocenters. The van der Waals surface area contributed by atoms with Crippen LogP contribution >= 0.6 is 0 Å². The van der Waals surface area contributed by atoms with Gasteiger partial charge in [0.2, 0.25) is 0 Å². The summed E-state index contributed by atoms with van der Waals surface area (Å²) in [6.45, 7) is 1.81. The minimum absolute atomic E-state index is 0.367. The van der Waals surface area contributed by atoms with Crippen molar-refractivity contribution in [1.82, 2.24) is 10.4 Å². The number of nitrogens with zero attached hydrogens (tertiary/aromatic N) is 1. The van der Waals surface area contributed by atoms with E-state index in [0.29, 0.717) is 0 Å². The SMILES string of the molecule is COC1(c2ccccc2)CCCCN1NCc1ccccc1. The highest BCUT2D eigenvalue weighted by atomic mass is 16.5. The third-order valence-electron chi connectivity index (χ3n) is 4.46. The van der Waals surface area contributed by atoms with E-state index in [4.69, 9.17) is 4.74 Å². The zero-order valence-corrected chi connectivity index (χ0v) is 13.2. The molecule has 116 valence electrons. The first kappa shape index (κ1) is 15.2. The van der Waals surface area contributed by atoms with E-state index in [9.17, 15) is 0 Å². The lowest BCUT2D eigenvalue weighted by atomic mass is 9.92. The summed E-state index contributed by atoms with van der Waals surface area (Å²) >= 11 is 0. The lowest BCUT2D eigenvalue weighted by molar-refractivity contribution is -0.189. The van der Waals surface area contributed by atoms with Crippen molar-refractivity contribution >= 4 is 0 Å². The maximum atomic E-state index is 6.03. The molecule has 1 aliphatic rings. The summed E-state index contributed by atoms with van der Waals surface area (Å²) < 4.78 is 6.03. The summed E-state index contributed by atoms with van der Waals surface area (Å²) in [4.78, 5) is 0. The molecule has 1 aliphatic heterocycles. The van der Waals surface area contributed by atoms with E-state index in [1.54, 1.807) is 0 Å². The van der Waals surface area contributed by atoms with E-state index in [-0.39, 0.29) is 5.72 Å². The minimum Gasteiger partial charge on any atom is -0.358 e. The molecule has 0 aliphatic carbocycles. The Kier molecular flexibility index (Phi) is 4.88. The van der Waals surface area contributed by atoms with Gasteiger partial charge in [0.05, 0.1) is 0 Å². The molecule has 0 amide bonds. The molecule has 1 heterocycles. The number of rotatable bonds is 5. The Hall–Kier alpha value is -1.68. The van der Waals surface area contributed by atoms with Gasteiger partial charge in [-0.25, -0.2) is 10.4 Å². The first-order valence-electron chi connectivity index (χ1n) is 8.01. The maximum Gasteiger partial charge on any atom is 0.159 e. The van der Waals surface area contributed by atoms with E-state index in [1.807, 2.05) is 13.2 Å². The topological polar surface area (TPSA) is 24.5 Å². The molecule has 1 N–H and O–H groups in total. The van der Waals surface area contributed by atoms with Crippen molar-refractivity contribution in [3.63, 3.8) is 0 Å². The van der Waals surface area contributed by atoms with Crippen LogP contribution in [0, 0.1) is 0 Å². The maximum absolute atomic E-state index is 6.03. The Morgan fingerprint density at radius 2 is 1.68 bits per heavy atom. The van der Waals surface area contributed by atoms with Gasteiger partial charge in [-0.1, -0.05) is 60.7 Å². The summed E-state index contributed by atoms with van der Waals surface area (Å²) in [7, 11) is 1.81. The second kappa shape index (κ2) is 7.05. The number of ether oxygens (including phenoxy) is 1. The molecule has 1 unspecified atom stereocenters. The fourth-order valence-corrected chi connectivity index (χ4v) is 3.27. The zero-order valence-electron chi connectivity index (χ0n) is 13.2. The monoisotopic (exact) mass is 296 g/mol. The van der Waals surface area contributed by atoms with Gasteiger partial charge in [-0.3, -0.25) is 0 Å². The number of hydrogen-bond donors (Lipinski definition) is 1. The number of hydrogen-bond acceptors (Lipinski definition) is 3. The molecule has 0 saturated carbocycles. The predicted octanol–water partition coefficient (Wildman–Crippen LogP) is 3.68. The van der Waals surface area contributed by atoms with Crippen molar-refractivity contribution in [2.75, 3.05) is 13.7 Å². The summed E-state index contributed by atoms with van der Waals surface area (Å²) in [5.74, 6) is 0. The van der Waals surface area contributed by atoms with Crippen molar-refractivity contribution in [2.24, 2.45) is 0 Å². The van der Waals surface area contributed by atoms with Gasteiger partial charge in [-0.2, -0.15) is 0 Å². The van der Waals surface area contributed by atoms with Crippen LogP contribution in [0.1, 0.15) is 30.4 Å². The van der Waals surface area contributed by atoms with E-state index in [0.717, 1.165) is 19.5 Å². The quantitative estimate of drug-likeness (QED) is 0.911. The summed E-state index contributed by atoms with van der Waals surface area (Å²) in [6, 6.07) is 21.0. The summed E-state index contributed by atoms with van der Waals surface area (Å²) in [5.41, 5.74) is 5.72. The van der Waals surface area contributed by atoms with Crippen molar-refractivity contribution in [3.05, 3.63) is 71.8 Å². The smallest absolute Gasteiger partial charge is 0.159 e. The Morgan fingerprint density at radius 3 is 2.36 bits per heavy atom. The molecule has 3 rings (SSSR count). The highest BCUT2D eigenvalue weighted by Gasteiger charge is 2.40. The van der Waals surface area contributed by atoms with Crippen LogP contribution < -0.4 is 5.43 Å². The molecular weight excluding hydrogens is 272 g/mol. The van der Waals surface area contributed by atoms with E-state index >= 15 is 0 Å². The third kappa shape index (κ3) is 3.07. The van der Waals surface area contributed by atoms with Gasteiger partial charge in [0, 0.05) is 20.2 Å². The minimum atomic E-state index is -0.367. The van der Waals surface area contributed by atoms with Gasteiger partial charge in [0.15, 0.2) is 5.72 Å². The Morgan fingerprint density at radius 1 is 1.00 bits per heavy atom. The zero-order chi connectivity index (χ0) is 15.3. The second-order valence-electron chi connectivity index (χ2n) is 5.78. The molecule has 1 fully saturated rings. The molecule has 0 bridgehead atoms. The van der Waals surface area contributed by atoms with Crippen molar-refractivity contribution < 1.29 is 4.74 Å². The van der Waals surface area contributed by atoms with Crippen LogP contribution in [0.15, 0.2) is 60.7 Å². The highest BCUT2D eigenvalue weighted by Crippen LogP contribution is 2.37. The van der Waals surface area contributed by atoms with Gasteiger partial charge in [0.25, 0.3) is 0 Å². The molecule has 0 aromatic heterocycles. The van der Waals surface area contributed by atoms with E-state index in [2.05, 4.69) is 65.0 Å². The average molecular weight is 296 g/mol. The Labute approximate surface area is 132 Å². The Bertz CT molecular complexity index is 573. The third-order valence-corrected chi connectivity index (χ3v) is 4.46. The fourth-order valence-electron chi connectivity index (χ4n) is 3.27. The van der Waals surface area contributed by atoms with Crippen molar-refractivity contribution in [2.45, 2.75) is 31.5 Å².